The lowest BCUT2D eigenvalue weighted by atomic mass is 10.1. The summed E-state index contributed by atoms with van der Waals surface area (Å²) >= 11 is 0. The first-order chi connectivity index (χ1) is 8.56. The zero-order valence-corrected chi connectivity index (χ0v) is 11.7. The Balaban J connectivity index is 2.85. The minimum atomic E-state index is -0.213. The van der Waals surface area contributed by atoms with Crippen LogP contribution < -0.4 is 4.74 Å². The predicted molar refractivity (Wildman–Crippen MR) is 71.9 cm³/mol. The average Bonchev–Trinajstić information content (AvgIpc) is 2.33. The van der Waals surface area contributed by atoms with Crippen LogP contribution in [0.15, 0.2) is 18.2 Å². The van der Waals surface area contributed by atoms with Gasteiger partial charge in [-0.25, -0.2) is 0 Å². The van der Waals surface area contributed by atoms with E-state index >= 15 is 0 Å². The molecule has 0 aromatic heterocycles. The summed E-state index contributed by atoms with van der Waals surface area (Å²) < 4.78 is 10.8. The van der Waals surface area contributed by atoms with E-state index in [0.29, 0.717) is 6.61 Å². The standard InChI is InChI=1S/C15H22O3/c1-5-12(4)18-14-9-11(3)7-8-13(14)10-15(16)17-6-2/h7-9,12H,5-6,10H2,1-4H3/t12-/m0/s1. The van der Waals surface area contributed by atoms with E-state index in [9.17, 15) is 4.79 Å². The van der Waals surface area contributed by atoms with Gasteiger partial charge in [-0.2, -0.15) is 0 Å². The van der Waals surface area contributed by atoms with Gasteiger partial charge in [0.05, 0.1) is 19.1 Å². The van der Waals surface area contributed by atoms with Gasteiger partial charge in [-0.3, -0.25) is 4.79 Å². The highest BCUT2D eigenvalue weighted by molar-refractivity contribution is 5.73. The molecule has 0 aliphatic rings. The summed E-state index contributed by atoms with van der Waals surface area (Å²) in [5, 5.41) is 0. The lowest BCUT2D eigenvalue weighted by molar-refractivity contribution is -0.142. The summed E-state index contributed by atoms with van der Waals surface area (Å²) in [6.07, 6.45) is 1.35. The van der Waals surface area contributed by atoms with E-state index in [1.54, 1.807) is 0 Å². The first kappa shape index (κ1) is 14.6. The van der Waals surface area contributed by atoms with E-state index in [2.05, 4.69) is 6.92 Å². The topological polar surface area (TPSA) is 35.5 Å². The highest BCUT2D eigenvalue weighted by Gasteiger charge is 2.12. The maximum absolute atomic E-state index is 11.5. The Morgan fingerprint density at radius 1 is 1.33 bits per heavy atom. The highest BCUT2D eigenvalue weighted by atomic mass is 16.5. The third-order valence-corrected chi connectivity index (χ3v) is 2.77. The monoisotopic (exact) mass is 250 g/mol. The quantitative estimate of drug-likeness (QED) is 0.727. The number of ether oxygens (including phenoxy) is 2. The molecule has 1 rings (SSSR count). The summed E-state index contributed by atoms with van der Waals surface area (Å²) in [7, 11) is 0. The Kier molecular flexibility index (Phi) is 5.69. The molecule has 0 N–H and O–H groups in total. The van der Waals surface area contributed by atoms with E-state index in [-0.39, 0.29) is 18.5 Å². The summed E-state index contributed by atoms with van der Waals surface area (Å²) in [6.45, 7) is 8.33. The number of hydrogen-bond donors (Lipinski definition) is 0. The molecular formula is C15H22O3. The number of carbonyl (C=O) groups is 1. The van der Waals surface area contributed by atoms with Crippen LogP contribution in [0.2, 0.25) is 0 Å². The average molecular weight is 250 g/mol. The van der Waals surface area contributed by atoms with Gasteiger partial charge in [0.25, 0.3) is 0 Å². The molecule has 3 heteroatoms. The lowest BCUT2D eigenvalue weighted by Gasteiger charge is -2.16. The Hall–Kier alpha value is -1.51. The van der Waals surface area contributed by atoms with E-state index in [0.717, 1.165) is 23.3 Å². The summed E-state index contributed by atoms with van der Waals surface area (Å²) in [5.74, 6) is 0.577. The molecule has 100 valence electrons. The molecule has 0 aliphatic carbocycles. The van der Waals surface area contributed by atoms with Gasteiger partial charge in [0.15, 0.2) is 0 Å². The van der Waals surface area contributed by atoms with Crippen LogP contribution in [0.5, 0.6) is 5.75 Å². The fourth-order valence-electron chi connectivity index (χ4n) is 1.59. The molecule has 3 nitrogen and oxygen atoms in total. The molecule has 0 bridgehead atoms. The Morgan fingerprint density at radius 3 is 2.67 bits per heavy atom. The van der Waals surface area contributed by atoms with Crippen molar-refractivity contribution in [3.05, 3.63) is 29.3 Å². The third kappa shape index (κ3) is 4.40. The molecule has 18 heavy (non-hydrogen) atoms. The maximum atomic E-state index is 11.5. The van der Waals surface area contributed by atoms with Crippen molar-refractivity contribution in [3.63, 3.8) is 0 Å². The van der Waals surface area contributed by atoms with Crippen LogP contribution in [-0.4, -0.2) is 18.7 Å². The van der Waals surface area contributed by atoms with Crippen LogP contribution in [0.4, 0.5) is 0 Å². The van der Waals surface area contributed by atoms with Gasteiger partial charge in [-0.15, -0.1) is 0 Å². The summed E-state index contributed by atoms with van der Waals surface area (Å²) in [6, 6.07) is 5.89. The second kappa shape index (κ2) is 7.04. The van der Waals surface area contributed by atoms with Crippen molar-refractivity contribution in [1.82, 2.24) is 0 Å². The summed E-state index contributed by atoms with van der Waals surface area (Å²) in [5.41, 5.74) is 2.01. The van der Waals surface area contributed by atoms with Crippen LogP contribution in [0.25, 0.3) is 0 Å². The van der Waals surface area contributed by atoms with Crippen LogP contribution >= 0.6 is 0 Å². The maximum Gasteiger partial charge on any atom is 0.310 e. The van der Waals surface area contributed by atoms with Gasteiger partial charge in [-0.1, -0.05) is 19.1 Å². The largest absolute Gasteiger partial charge is 0.490 e. The van der Waals surface area contributed by atoms with Crippen molar-refractivity contribution < 1.29 is 14.3 Å². The van der Waals surface area contributed by atoms with Gasteiger partial charge in [0, 0.05) is 5.56 Å². The van der Waals surface area contributed by atoms with Crippen molar-refractivity contribution in [2.24, 2.45) is 0 Å². The number of carbonyl (C=O) groups excluding carboxylic acids is 1. The second-order valence-electron chi connectivity index (χ2n) is 4.43. The summed E-state index contributed by atoms with van der Waals surface area (Å²) in [4.78, 5) is 11.5. The first-order valence-electron chi connectivity index (χ1n) is 6.48. The molecule has 0 radical (unpaired) electrons. The zero-order valence-electron chi connectivity index (χ0n) is 11.7. The van der Waals surface area contributed by atoms with Gasteiger partial charge < -0.3 is 9.47 Å². The van der Waals surface area contributed by atoms with E-state index in [1.165, 1.54) is 0 Å². The molecule has 0 saturated carbocycles. The molecule has 0 unspecified atom stereocenters. The second-order valence-corrected chi connectivity index (χ2v) is 4.43. The molecule has 0 aliphatic heterocycles. The molecule has 0 amide bonds. The van der Waals surface area contributed by atoms with E-state index in [1.807, 2.05) is 39.0 Å². The number of aryl methyl sites for hydroxylation is 1. The number of rotatable bonds is 6. The lowest BCUT2D eigenvalue weighted by Crippen LogP contribution is -2.13. The highest BCUT2D eigenvalue weighted by Crippen LogP contribution is 2.23. The smallest absolute Gasteiger partial charge is 0.310 e. The molecule has 0 spiro atoms. The molecule has 0 saturated heterocycles. The van der Waals surface area contributed by atoms with Crippen molar-refractivity contribution in [2.45, 2.75) is 46.6 Å². The number of esters is 1. The van der Waals surface area contributed by atoms with Gasteiger partial charge in [0.1, 0.15) is 5.75 Å². The Morgan fingerprint density at radius 2 is 2.06 bits per heavy atom. The molecule has 0 heterocycles. The minimum absolute atomic E-state index is 0.146. The van der Waals surface area contributed by atoms with Crippen molar-refractivity contribution in [2.75, 3.05) is 6.61 Å². The third-order valence-electron chi connectivity index (χ3n) is 2.77. The predicted octanol–water partition coefficient (Wildman–Crippen LogP) is 3.28. The van der Waals surface area contributed by atoms with Gasteiger partial charge >= 0.3 is 5.97 Å². The fraction of sp³-hybridized carbons (Fsp3) is 0.533. The van der Waals surface area contributed by atoms with Crippen molar-refractivity contribution in [1.29, 1.82) is 0 Å². The SMILES string of the molecule is CCOC(=O)Cc1ccc(C)cc1O[C@@H](C)CC. The van der Waals surface area contributed by atoms with Gasteiger partial charge in [-0.05, 0) is 38.8 Å². The molecule has 1 atom stereocenters. The molecule has 1 aromatic rings. The van der Waals surface area contributed by atoms with Crippen LogP contribution in [0.3, 0.4) is 0 Å². The van der Waals surface area contributed by atoms with E-state index < -0.39 is 0 Å². The van der Waals surface area contributed by atoms with Gasteiger partial charge in [0.2, 0.25) is 0 Å². The van der Waals surface area contributed by atoms with Crippen LogP contribution in [-0.2, 0) is 16.0 Å². The van der Waals surface area contributed by atoms with Crippen molar-refractivity contribution in [3.8, 4) is 5.75 Å². The Bertz CT molecular complexity index is 399. The fourth-order valence-corrected chi connectivity index (χ4v) is 1.59. The molecule has 0 fully saturated rings. The van der Waals surface area contributed by atoms with Crippen molar-refractivity contribution >= 4 is 5.97 Å². The first-order valence-corrected chi connectivity index (χ1v) is 6.48. The van der Waals surface area contributed by atoms with Crippen LogP contribution in [0, 0.1) is 6.92 Å². The Labute approximate surface area is 109 Å². The van der Waals surface area contributed by atoms with E-state index in [4.69, 9.17) is 9.47 Å². The minimum Gasteiger partial charge on any atom is -0.490 e. The molecular weight excluding hydrogens is 228 g/mol. The van der Waals surface area contributed by atoms with Crippen LogP contribution in [0.1, 0.15) is 38.3 Å². The normalized spacial score (nSPS) is 12.0. The zero-order chi connectivity index (χ0) is 13.5. The number of benzene rings is 1. The number of hydrogen-bond acceptors (Lipinski definition) is 3. The molecule has 1 aromatic carbocycles.